The maximum absolute atomic E-state index is 14.0. The molecule has 3 nitrogen and oxygen atoms in total. The van der Waals surface area contributed by atoms with Crippen LogP contribution in [0, 0.1) is 18.6 Å². The van der Waals surface area contributed by atoms with E-state index in [1.807, 2.05) is 0 Å². The van der Waals surface area contributed by atoms with Gasteiger partial charge in [0.25, 0.3) is 0 Å². The highest BCUT2D eigenvalue weighted by atomic mass is 32.2. The zero-order chi connectivity index (χ0) is 16.1. The molecule has 0 radical (unpaired) electrons. The van der Waals surface area contributed by atoms with Crippen LogP contribution in [0.25, 0.3) is 0 Å². The lowest BCUT2D eigenvalue weighted by Crippen LogP contribution is -2.52. The summed E-state index contributed by atoms with van der Waals surface area (Å²) in [6.07, 6.45) is 2.12. The molecule has 1 aromatic carbocycles. The summed E-state index contributed by atoms with van der Waals surface area (Å²) in [7, 11) is -3.18. The third-order valence-electron chi connectivity index (χ3n) is 5.07. The molecule has 2 bridgehead atoms. The highest BCUT2D eigenvalue weighted by Crippen LogP contribution is 2.43. The fraction of sp³-hybridized carbons (Fsp3) is 0.625. The lowest BCUT2D eigenvalue weighted by molar-refractivity contribution is 0.00908. The topological polar surface area (TPSA) is 54.4 Å². The molecule has 2 aliphatic rings. The smallest absolute Gasteiger partial charge is 0.162 e. The molecule has 0 aliphatic carbocycles. The van der Waals surface area contributed by atoms with Crippen LogP contribution in [0.1, 0.15) is 43.2 Å². The quantitative estimate of drug-likeness (QED) is 0.907. The summed E-state index contributed by atoms with van der Waals surface area (Å²) in [4.78, 5) is 0. The Morgan fingerprint density at radius 1 is 1.18 bits per heavy atom. The van der Waals surface area contributed by atoms with Crippen molar-refractivity contribution in [3.63, 3.8) is 0 Å². The van der Waals surface area contributed by atoms with Gasteiger partial charge in [-0.2, -0.15) is 0 Å². The fourth-order valence-electron chi connectivity index (χ4n) is 3.86. The number of hydrogen-bond donors (Lipinski definition) is 1. The standard InChI is InChI=1S/C16H20F2O3S/c1-10-5-6-11(15(18)14(10)17)7-16(19)8-12-3-2-4-13(9-16)22(12,20)21/h5-6,12-13,19H,2-4,7-9H2,1H3. The zero-order valence-corrected chi connectivity index (χ0v) is 13.3. The second-order valence-corrected chi connectivity index (χ2v) is 9.25. The van der Waals surface area contributed by atoms with E-state index in [2.05, 4.69) is 0 Å². The van der Waals surface area contributed by atoms with Gasteiger partial charge in [0.05, 0.1) is 16.1 Å². The van der Waals surface area contributed by atoms with E-state index in [0.29, 0.717) is 12.8 Å². The van der Waals surface area contributed by atoms with Crippen molar-refractivity contribution in [2.45, 2.75) is 61.5 Å². The lowest BCUT2D eigenvalue weighted by atomic mass is 9.81. The summed E-state index contributed by atoms with van der Waals surface area (Å²) in [5.74, 6) is -1.84. The molecular weight excluding hydrogens is 310 g/mol. The molecule has 2 atom stereocenters. The molecule has 2 saturated heterocycles. The first-order chi connectivity index (χ1) is 10.2. The number of fused-ring (bicyclic) bond motifs is 2. The molecule has 0 saturated carbocycles. The van der Waals surface area contributed by atoms with Crippen LogP contribution in [0.2, 0.25) is 0 Å². The molecule has 122 valence electrons. The van der Waals surface area contributed by atoms with Crippen LogP contribution < -0.4 is 0 Å². The van der Waals surface area contributed by atoms with Crippen LogP contribution in [-0.2, 0) is 16.3 Å². The van der Waals surface area contributed by atoms with E-state index in [9.17, 15) is 22.3 Å². The second kappa shape index (κ2) is 5.27. The van der Waals surface area contributed by atoms with Crippen molar-refractivity contribution >= 4 is 9.84 Å². The van der Waals surface area contributed by atoms with E-state index in [-0.39, 0.29) is 30.4 Å². The maximum Gasteiger partial charge on any atom is 0.162 e. The van der Waals surface area contributed by atoms with Gasteiger partial charge in [0.15, 0.2) is 21.5 Å². The number of sulfone groups is 1. The lowest BCUT2D eigenvalue weighted by Gasteiger charge is -2.44. The van der Waals surface area contributed by atoms with Gasteiger partial charge in [-0.25, -0.2) is 17.2 Å². The third kappa shape index (κ3) is 2.56. The number of aryl methyl sites for hydroxylation is 1. The van der Waals surface area contributed by atoms with Crippen LogP contribution >= 0.6 is 0 Å². The van der Waals surface area contributed by atoms with Gasteiger partial charge in [-0.1, -0.05) is 18.6 Å². The Morgan fingerprint density at radius 3 is 2.36 bits per heavy atom. The number of rotatable bonds is 2. The van der Waals surface area contributed by atoms with Crippen molar-refractivity contribution in [2.24, 2.45) is 0 Å². The van der Waals surface area contributed by atoms with Crippen LogP contribution in [0.15, 0.2) is 12.1 Å². The van der Waals surface area contributed by atoms with Gasteiger partial charge in [-0.15, -0.1) is 0 Å². The second-order valence-electron chi connectivity index (χ2n) is 6.74. The summed E-state index contributed by atoms with van der Waals surface area (Å²) < 4.78 is 52.2. The van der Waals surface area contributed by atoms with Gasteiger partial charge in [-0.3, -0.25) is 0 Å². The minimum atomic E-state index is -3.18. The molecule has 2 fully saturated rings. The molecule has 6 heteroatoms. The largest absolute Gasteiger partial charge is 0.389 e. The Labute approximate surface area is 129 Å². The number of hydrogen-bond acceptors (Lipinski definition) is 3. The van der Waals surface area contributed by atoms with E-state index < -0.39 is 37.6 Å². The minimum absolute atomic E-state index is 0.0431. The Balaban J connectivity index is 1.88. The number of benzene rings is 1. The van der Waals surface area contributed by atoms with E-state index in [1.54, 1.807) is 0 Å². The molecule has 0 spiro atoms. The first kappa shape index (κ1) is 15.9. The van der Waals surface area contributed by atoms with Crippen molar-refractivity contribution in [2.75, 3.05) is 0 Å². The van der Waals surface area contributed by atoms with E-state index in [1.165, 1.54) is 19.1 Å². The van der Waals surface area contributed by atoms with Crippen molar-refractivity contribution in [3.05, 3.63) is 34.9 Å². The summed E-state index contributed by atoms with van der Waals surface area (Å²) >= 11 is 0. The monoisotopic (exact) mass is 330 g/mol. The fourth-order valence-corrected chi connectivity index (χ4v) is 6.48. The van der Waals surface area contributed by atoms with Crippen molar-refractivity contribution < 1.29 is 22.3 Å². The minimum Gasteiger partial charge on any atom is -0.389 e. The molecule has 3 rings (SSSR count). The van der Waals surface area contributed by atoms with Crippen LogP contribution in [0.4, 0.5) is 8.78 Å². The summed E-state index contributed by atoms with van der Waals surface area (Å²) in [5.41, 5.74) is -0.942. The molecule has 2 aliphatic heterocycles. The maximum atomic E-state index is 14.0. The molecule has 1 N–H and O–H groups in total. The average molecular weight is 330 g/mol. The molecule has 2 unspecified atom stereocenters. The van der Waals surface area contributed by atoms with Crippen molar-refractivity contribution in [1.82, 2.24) is 0 Å². The van der Waals surface area contributed by atoms with Gasteiger partial charge in [0.2, 0.25) is 0 Å². The zero-order valence-electron chi connectivity index (χ0n) is 12.5. The Bertz CT molecular complexity index is 680. The Kier molecular flexibility index (Phi) is 3.80. The first-order valence-electron chi connectivity index (χ1n) is 7.61. The van der Waals surface area contributed by atoms with E-state index in [0.717, 1.165) is 6.42 Å². The first-order valence-corrected chi connectivity index (χ1v) is 9.22. The van der Waals surface area contributed by atoms with Gasteiger partial charge in [0.1, 0.15) is 0 Å². The normalized spacial score (nSPS) is 33.6. The molecule has 22 heavy (non-hydrogen) atoms. The average Bonchev–Trinajstić information content (AvgIpc) is 2.42. The summed E-state index contributed by atoms with van der Waals surface area (Å²) in [6, 6.07) is 2.96. The van der Waals surface area contributed by atoms with Crippen molar-refractivity contribution in [3.8, 4) is 0 Å². The van der Waals surface area contributed by atoms with Crippen LogP contribution in [0.3, 0.4) is 0 Å². The van der Waals surface area contributed by atoms with Gasteiger partial charge < -0.3 is 5.11 Å². The summed E-state index contributed by atoms with van der Waals surface area (Å²) in [6.45, 7) is 1.48. The predicted octanol–water partition coefficient (Wildman–Crippen LogP) is 2.68. The highest BCUT2D eigenvalue weighted by Gasteiger charge is 2.50. The van der Waals surface area contributed by atoms with Gasteiger partial charge in [0, 0.05) is 6.42 Å². The Hall–Kier alpha value is -1.01. The predicted molar refractivity (Wildman–Crippen MR) is 79.3 cm³/mol. The van der Waals surface area contributed by atoms with Gasteiger partial charge in [-0.05, 0) is 43.7 Å². The van der Waals surface area contributed by atoms with E-state index in [4.69, 9.17) is 0 Å². The van der Waals surface area contributed by atoms with Crippen LogP contribution in [-0.4, -0.2) is 29.6 Å². The van der Waals surface area contributed by atoms with E-state index >= 15 is 0 Å². The number of halogens is 2. The summed E-state index contributed by atoms with van der Waals surface area (Å²) in [5, 5.41) is 9.69. The number of aliphatic hydroxyl groups is 1. The van der Waals surface area contributed by atoms with Crippen LogP contribution in [0.5, 0.6) is 0 Å². The molecule has 2 heterocycles. The SMILES string of the molecule is Cc1ccc(CC2(O)CC3CCCC(C2)S3(=O)=O)c(F)c1F. The molecule has 0 amide bonds. The van der Waals surface area contributed by atoms with Crippen molar-refractivity contribution in [1.29, 1.82) is 0 Å². The highest BCUT2D eigenvalue weighted by molar-refractivity contribution is 7.92. The third-order valence-corrected chi connectivity index (χ3v) is 7.73. The molecular formula is C16H20F2O3S. The Morgan fingerprint density at radius 2 is 1.77 bits per heavy atom. The molecule has 1 aromatic rings. The van der Waals surface area contributed by atoms with Gasteiger partial charge >= 0.3 is 0 Å². The molecule has 0 aromatic heterocycles.